The predicted octanol–water partition coefficient (Wildman–Crippen LogP) is 2.20. The molecule has 2 aromatic carbocycles. The minimum Gasteiger partial charge on any atom is -0.497 e. The summed E-state index contributed by atoms with van der Waals surface area (Å²) in [6, 6.07) is 8.50. The first-order valence-electron chi connectivity index (χ1n) is 7.43. The maximum absolute atomic E-state index is 13.3. The maximum Gasteiger partial charge on any atom is 0.266 e. The number of hydrazine groups is 1. The molecule has 0 fully saturated rings. The number of methoxy groups -OCH3 is 2. The molecule has 0 bridgehead atoms. The van der Waals surface area contributed by atoms with Crippen LogP contribution < -0.4 is 25.0 Å². The number of carbonyl (C=O) groups is 1. The van der Waals surface area contributed by atoms with Crippen LogP contribution in [-0.2, 0) is 14.8 Å². The van der Waals surface area contributed by atoms with Crippen molar-refractivity contribution in [3.63, 3.8) is 0 Å². The third kappa shape index (κ3) is 4.56. The van der Waals surface area contributed by atoms with Crippen molar-refractivity contribution in [1.82, 2.24) is 5.43 Å². The summed E-state index contributed by atoms with van der Waals surface area (Å²) in [4.78, 5) is 11.6. The Morgan fingerprint density at radius 1 is 1.15 bits per heavy atom. The molecule has 146 valence electrons. The number of amides is 1. The number of nitrogens with two attached hydrogens (primary N) is 1. The fraction of sp³-hybridized carbons (Fsp3) is 0.188. The van der Waals surface area contributed by atoms with Crippen LogP contribution in [0.3, 0.4) is 0 Å². The lowest BCUT2D eigenvalue weighted by molar-refractivity contribution is -0.119. The molecule has 11 heteroatoms. The minimum absolute atomic E-state index is 0.0561. The molecule has 2 aromatic rings. The summed E-state index contributed by atoms with van der Waals surface area (Å²) in [5, 5.41) is 0.109. The van der Waals surface area contributed by atoms with E-state index in [1.54, 1.807) is 6.07 Å². The summed E-state index contributed by atoms with van der Waals surface area (Å²) >= 11 is 12.0. The van der Waals surface area contributed by atoms with Crippen LogP contribution in [0.15, 0.2) is 41.3 Å². The van der Waals surface area contributed by atoms with Gasteiger partial charge in [0.2, 0.25) is 0 Å². The van der Waals surface area contributed by atoms with E-state index in [1.165, 1.54) is 44.6 Å². The van der Waals surface area contributed by atoms with Crippen molar-refractivity contribution in [1.29, 1.82) is 0 Å². The molecule has 0 atom stereocenters. The Labute approximate surface area is 166 Å². The Morgan fingerprint density at radius 2 is 1.85 bits per heavy atom. The van der Waals surface area contributed by atoms with E-state index in [4.69, 9.17) is 38.5 Å². The molecule has 0 saturated heterocycles. The molecule has 0 heterocycles. The average molecular weight is 434 g/mol. The van der Waals surface area contributed by atoms with Crippen LogP contribution in [0.2, 0.25) is 10.0 Å². The molecule has 0 aromatic heterocycles. The van der Waals surface area contributed by atoms with Crippen molar-refractivity contribution >= 4 is 44.8 Å². The maximum atomic E-state index is 13.3. The molecular weight excluding hydrogens is 417 g/mol. The summed E-state index contributed by atoms with van der Waals surface area (Å²) in [6.45, 7) is -0.620. The third-order valence-corrected chi connectivity index (χ3v) is 6.04. The number of ether oxygens (including phenoxy) is 2. The van der Waals surface area contributed by atoms with E-state index < -0.39 is 22.5 Å². The number of hydrogen-bond acceptors (Lipinski definition) is 6. The van der Waals surface area contributed by atoms with E-state index in [2.05, 4.69) is 0 Å². The van der Waals surface area contributed by atoms with Gasteiger partial charge in [-0.2, -0.15) is 0 Å². The van der Waals surface area contributed by atoms with Crippen molar-refractivity contribution in [3.05, 3.63) is 46.4 Å². The predicted molar refractivity (Wildman–Crippen MR) is 103 cm³/mol. The van der Waals surface area contributed by atoms with Crippen molar-refractivity contribution in [2.75, 3.05) is 25.1 Å². The first-order chi connectivity index (χ1) is 12.7. The van der Waals surface area contributed by atoms with E-state index in [1.807, 2.05) is 5.43 Å². The molecule has 0 aliphatic rings. The smallest absolute Gasteiger partial charge is 0.266 e. The van der Waals surface area contributed by atoms with E-state index >= 15 is 0 Å². The first-order valence-corrected chi connectivity index (χ1v) is 9.63. The number of benzene rings is 2. The third-order valence-electron chi connectivity index (χ3n) is 3.56. The first kappa shape index (κ1) is 21.1. The van der Waals surface area contributed by atoms with Gasteiger partial charge in [-0.3, -0.25) is 14.5 Å². The highest BCUT2D eigenvalue weighted by atomic mass is 35.5. The van der Waals surface area contributed by atoms with Gasteiger partial charge in [-0.05, 0) is 30.3 Å². The van der Waals surface area contributed by atoms with E-state index in [-0.39, 0.29) is 26.4 Å². The summed E-state index contributed by atoms with van der Waals surface area (Å²) in [5.74, 6) is 4.94. The van der Waals surface area contributed by atoms with Crippen molar-refractivity contribution in [3.8, 4) is 11.5 Å². The highest BCUT2D eigenvalue weighted by molar-refractivity contribution is 7.93. The van der Waals surface area contributed by atoms with Crippen LogP contribution in [0.25, 0.3) is 0 Å². The van der Waals surface area contributed by atoms with Crippen molar-refractivity contribution in [2.24, 2.45) is 5.84 Å². The summed E-state index contributed by atoms with van der Waals surface area (Å²) in [7, 11) is -1.52. The Morgan fingerprint density at radius 3 is 2.44 bits per heavy atom. The molecule has 0 aliphatic heterocycles. The highest BCUT2D eigenvalue weighted by Gasteiger charge is 2.31. The molecule has 0 saturated carbocycles. The van der Waals surface area contributed by atoms with Gasteiger partial charge >= 0.3 is 0 Å². The highest BCUT2D eigenvalue weighted by Crippen LogP contribution is 2.37. The zero-order valence-corrected chi connectivity index (χ0v) is 16.7. The monoisotopic (exact) mass is 433 g/mol. The number of anilines is 1. The summed E-state index contributed by atoms with van der Waals surface area (Å²) in [5.41, 5.74) is 1.97. The second kappa shape index (κ2) is 8.66. The molecule has 27 heavy (non-hydrogen) atoms. The van der Waals surface area contributed by atoms with Crippen LogP contribution >= 0.6 is 23.2 Å². The van der Waals surface area contributed by atoms with Crippen LogP contribution in [0.1, 0.15) is 0 Å². The minimum atomic E-state index is -4.31. The van der Waals surface area contributed by atoms with Gasteiger partial charge in [-0.15, -0.1) is 0 Å². The van der Waals surface area contributed by atoms with Gasteiger partial charge in [0, 0.05) is 11.1 Å². The normalized spacial score (nSPS) is 11.0. The van der Waals surface area contributed by atoms with Crippen LogP contribution in [-0.4, -0.2) is 35.1 Å². The lowest BCUT2D eigenvalue weighted by Gasteiger charge is -2.26. The molecule has 8 nitrogen and oxygen atoms in total. The molecule has 1 amide bonds. The SMILES string of the molecule is COc1ccc(OC)c(N(CC(=O)NN)S(=O)(=O)c2cc(Cl)ccc2Cl)c1. The number of hydrogen-bond donors (Lipinski definition) is 2. The van der Waals surface area contributed by atoms with Gasteiger partial charge in [-0.25, -0.2) is 14.3 Å². The molecule has 2 rings (SSSR count). The largest absolute Gasteiger partial charge is 0.497 e. The van der Waals surface area contributed by atoms with E-state index in [0.717, 1.165) is 4.31 Å². The number of nitrogens with one attached hydrogen (secondary N) is 1. The van der Waals surface area contributed by atoms with Gasteiger partial charge in [-0.1, -0.05) is 23.2 Å². The summed E-state index contributed by atoms with van der Waals surface area (Å²) < 4.78 is 37.8. The van der Waals surface area contributed by atoms with Crippen LogP contribution in [0, 0.1) is 0 Å². The average Bonchev–Trinajstić information content (AvgIpc) is 2.66. The van der Waals surface area contributed by atoms with E-state index in [9.17, 15) is 13.2 Å². The molecule has 0 spiro atoms. The Bertz CT molecular complexity index is 953. The van der Waals surface area contributed by atoms with Crippen LogP contribution in [0.4, 0.5) is 5.69 Å². The molecule has 0 radical (unpaired) electrons. The zero-order chi connectivity index (χ0) is 20.2. The molecule has 3 N–H and O–H groups in total. The number of sulfonamides is 1. The Hall–Kier alpha value is -2.20. The number of halogens is 2. The van der Waals surface area contributed by atoms with Gasteiger partial charge in [0.25, 0.3) is 15.9 Å². The van der Waals surface area contributed by atoms with E-state index in [0.29, 0.717) is 5.75 Å². The lowest BCUT2D eigenvalue weighted by Crippen LogP contribution is -2.43. The fourth-order valence-electron chi connectivity index (χ4n) is 2.26. The second-order valence-electron chi connectivity index (χ2n) is 5.19. The molecular formula is C16H17Cl2N3O5S. The van der Waals surface area contributed by atoms with Gasteiger partial charge in [0.05, 0.1) is 24.9 Å². The fourth-order valence-corrected chi connectivity index (χ4v) is 4.42. The van der Waals surface area contributed by atoms with Gasteiger partial charge in [0.15, 0.2) is 0 Å². The summed E-state index contributed by atoms with van der Waals surface area (Å²) in [6.07, 6.45) is 0. The van der Waals surface area contributed by atoms with Crippen molar-refractivity contribution < 1.29 is 22.7 Å². The Kier molecular flexibility index (Phi) is 6.77. The topological polar surface area (TPSA) is 111 Å². The molecule has 0 unspecified atom stereocenters. The number of carbonyl (C=O) groups excluding carboxylic acids is 1. The van der Waals surface area contributed by atoms with Gasteiger partial charge < -0.3 is 9.47 Å². The number of nitrogens with zero attached hydrogens (tertiary/aromatic N) is 1. The Balaban J connectivity index is 2.72. The zero-order valence-electron chi connectivity index (χ0n) is 14.4. The molecule has 0 aliphatic carbocycles. The second-order valence-corrected chi connectivity index (χ2v) is 7.87. The number of rotatable bonds is 7. The standard InChI is InChI=1S/C16H17Cl2N3O5S/c1-25-11-4-6-14(26-2)13(8-11)21(9-16(22)20-19)27(23,24)15-7-10(17)3-5-12(15)18/h3-8H,9,19H2,1-2H3,(H,20,22). The van der Waals surface area contributed by atoms with Crippen molar-refractivity contribution in [2.45, 2.75) is 4.90 Å². The van der Waals surface area contributed by atoms with Crippen LogP contribution in [0.5, 0.6) is 11.5 Å². The van der Waals surface area contributed by atoms with Gasteiger partial charge in [0.1, 0.15) is 22.9 Å². The quantitative estimate of drug-likeness (QED) is 0.393. The lowest BCUT2D eigenvalue weighted by atomic mass is 10.2.